The first-order valence-corrected chi connectivity index (χ1v) is 12.6. The van der Waals surface area contributed by atoms with Gasteiger partial charge in [-0.2, -0.15) is 0 Å². The van der Waals surface area contributed by atoms with Crippen molar-refractivity contribution in [3.63, 3.8) is 0 Å². The predicted octanol–water partition coefficient (Wildman–Crippen LogP) is 5.55. The van der Waals surface area contributed by atoms with Crippen molar-refractivity contribution in [2.45, 2.75) is 44.9 Å². The van der Waals surface area contributed by atoms with Crippen LogP contribution < -0.4 is 15.4 Å². The van der Waals surface area contributed by atoms with Crippen molar-refractivity contribution in [3.8, 4) is 5.75 Å². The van der Waals surface area contributed by atoms with Crippen LogP contribution in [0, 0.1) is 0 Å². The summed E-state index contributed by atoms with van der Waals surface area (Å²) in [5.41, 5.74) is 8.66. The van der Waals surface area contributed by atoms with Gasteiger partial charge in [0.2, 0.25) is 0 Å². The molecule has 2 N–H and O–H groups in total. The summed E-state index contributed by atoms with van der Waals surface area (Å²) >= 11 is 6.03. The Morgan fingerprint density at radius 2 is 1.57 bits per heavy atom. The van der Waals surface area contributed by atoms with E-state index in [9.17, 15) is 9.59 Å². The quantitative estimate of drug-likeness (QED) is 0.458. The second kappa shape index (κ2) is 10.1. The number of methoxy groups -OCH3 is 1. The van der Waals surface area contributed by atoms with E-state index in [4.69, 9.17) is 16.3 Å². The smallest absolute Gasteiger partial charge is 0.255 e. The van der Waals surface area contributed by atoms with Crippen LogP contribution in [0.4, 0.5) is 5.69 Å². The molecule has 5 nitrogen and oxygen atoms in total. The molecule has 6 heteroatoms. The van der Waals surface area contributed by atoms with Crippen LogP contribution in [0.25, 0.3) is 0 Å². The minimum atomic E-state index is -0.233. The maximum atomic E-state index is 13.1. The number of carbonyl (C=O) groups excluding carboxylic acids is 2. The van der Waals surface area contributed by atoms with Gasteiger partial charge in [-0.15, -0.1) is 0 Å². The molecule has 2 amide bonds. The highest BCUT2D eigenvalue weighted by Gasteiger charge is 2.25. The fraction of sp³-hybridized carbons (Fsp3) is 0.310. The zero-order valence-corrected chi connectivity index (χ0v) is 20.6. The van der Waals surface area contributed by atoms with Gasteiger partial charge in [-0.25, -0.2) is 0 Å². The van der Waals surface area contributed by atoms with Gasteiger partial charge < -0.3 is 15.4 Å². The third-order valence-corrected chi connectivity index (χ3v) is 7.27. The third-order valence-electron chi connectivity index (χ3n) is 7.03. The Kier molecular flexibility index (Phi) is 6.78. The number of anilines is 1. The lowest BCUT2D eigenvalue weighted by Crippen LogP contribution is -2.26. The molecular formula is C29H29ClN2O3. The molecular weight excluding hydrogens is 460 g/mol. The number of rotatable bonds is 7. The van der Waals surface area contributed by atoms with Crippen LogP contribution in [0.1, 0.15) is 61.4 Å². The summed E-state index contributed by atoms with van der Waals surface area (Å²) in [7, 11) is 1.52. The minimum absolute atomic E-state index is 0.0627. The van der Waals surface area contributed by atoms with Gasteiger partial charge in [0, 0.05) is 22.8 Å². The van der Waals surface area contributed by atoms with E-state index >= 15 is 0 Å². The Bertz CT molecular complexity index is 1250. The average Bonchev–Trinajstić information content (AvgIpc) is 3.53. The predicted molar refractivity (Wildman–Crippen MR) is 139 cm³/mol. The van der Waals surface area contributed by atoms with Crippen LogP contribution in [0.15, 0.2) is 48.5 Å². The number of carbonyl (C=O) groups is 2. The molecule has 0 saturated heterocycles. The van der Waals surface area contributed by atoms with E-state index < -0.39 is 0 Å². The van der Waals surface area contributed by atoms with Crippen molar-refractivity contribution >= 4 is 29.1 Å². The summed E-state index contributed by atoms with van der Waals surface area (Å²) in [4.78, 5) is 25.6. The largest absolute Gasteiger partial charge is 0.496 e. The van der Waals surface area contributed by atoms with E-state index in [1.165, 1.54) is 29.4 Å². The van der Waals surface area contributed by atoms with Crippen LogP contribution in [-0.2, 0) is 32.1 Å². The SMILES string of the molecule is COc1ccc(Cl)cc1C(=O)NCCc1ccc(C(=O)Nc2c3c(cc4c2CCC4)CCC3)cc1. The highest BCUT2D eigenvalue weighted by atomic mass is 35.5. The molecule has 35 heavy (non-hydrogen) atoms. The summed E-state index contributed by atoms with van der Waals surface area (Å²) in [6, 6.07) is 14.9. The van der Waals surface area contributed by atoms with Crippen molar-refractivity contribution in [1.29, 1.82) is 0 Å². The average molecular weight is 489 g/mol. The lowest BCUT2D eigenvalue weighted by atomic mass is 9.98. The number of hydrogen-bond donors (Lipinski definition) is 2. The van der Waals surface area contributed by atoms with Crippen LogP contribution in [-0.4, -0.2) is 25.5 Å². The fourth-order valence-corrected chi connectivity index (χ4v) is 5.42. The van der Waals surface area contributed by atoms with Crippen LogP contribution in [0.3, 0.4) is 0 Å². The second-order valence-electron chi connectivity index (χ2n) is 9.24. The van der Waals surface area contributed by atoms with E-state index in [1.807, 2.05) is 24.3 Å². The van der Waals surface area contributed by atoms with Gasteiger partial charge in [-0.1, -0.05) is 29.8 Å². The van der Waals surface area contributed by atoms with Crippen LogP contribution in [0.5, 0.6) is 5.75 Å². The molecule has 2 aliphatic carbocycles. The van der Waals surface area contributed by atoms with Gasteiger partial charge in [-0.3, -0.25) is 9.59 Å². The molecule has 0 atom stereocenters. The molecule has 2 aliphatic rings. The number of nitrogens with one attached hydrogen (secondary N) is 2. The topological polar surface area (TPSA) is 67.4 Å². The summed E-state index contributed by atoms with van der Waals surface area (Å²) in [6.07, 6.45) is 7.29. The molecule has 180 valence electrons. The van der Waals surface area contributed by atoms with E-state index in [2.05, 4.69) is 16.7 Å². The van der Waals surface area contributed by atoms with Crippen molar-refractivity contribution in [3.05, 3.63) is 92.5 Å². The molecule has 0 aromatic heterocycles. The summed E-state index contributed by atoms with van der Waals surface area (Å²) in [6.45, 7) is 0.461. The summed E-state index contributed by atoms with van der Waals surface area (Å²) < 4.78 is 5.26. The van der Waals surface area contributed by atoms with Crippen molar-refractivity contribution in [2.75, 3.05) is 19.0 Å². The Hall–Kier alpha value is -3.31. The normalized spacial score (nSPS) is 13.8. The summed E-state index contributed by atoms with van der Waals surface area (Å²) in [5.74, 6) is 0.188. The maximum Gasteiger partial charge on any atom is 0.255 e. The van der Waals surface area contributed by atoms with E-state index in [-0.39, 0.29) is 11.8 Å². The van der Waals surface area contributed by atoms with E-state index in [0.717, 1.165) is 49.8 Å². The Labute approximate surface area is 210 Å². The first kappa shape index (κ1) is 23.4. The van der Waals surface area contributed by atoms with Crippen molar-refractivity contribution < 1.29 is 14.3 Å². The van der Waals surface area contributed by atoms with Gasteiger partial charge in [0.25, 0.3) is 11.8 Å². The molecule has 0 spiro atoms. The third kappa shape index (κ3) is 4.92. The Morgan fingerprint density at radius 1 is 0.886 bits per heavy atom. The number of benzene rings is 3. The molecule has 0 saturated carbocycles. The molecule has 0 unspecified atom stereocenters. The maximum absolute atomic E-state index is 13.1. The molecule has 3 aromatic rings. The number of hydrogen-bond acceptors (Lipinski definition) is 3. The van der Waals surface area contributed by atoms with Gasteiger partial charge in [-0.05, 0) is 103 Å². The molecule has 0 radical (unpaired) electrons. The Morgan fingerprint density at radius 3 is 2.23 bits per heavy atom. The van der Waals surface area contributed by atoms with Crippen LogP contribution >= 0.6 is 11.6 Å². The molecule has 0 heterocycles. The van der Waals surface area contributed by atoms with Gasteiger partial charge in [0.05, 0.1) is 12.7 Å². The molecule has 3 aromatic carbocycles. The highest BCUT2D eigenvalue weighted by Crippen LogP contribution is 2.38. The number of ether oxygens (including phenoxy) is 1. The first-order valence-electron chi connectivity index (χ1n) is 12.2. The van der Waals surface area contributed by atoms with E-state index in [1.54, 1.807) is 18.2 Å². The summed E-state index contributed by atoms with van der Waals surface area (Å²) in [5, 5.41) is 6.64. The zero-order valence-electron chi connectivity index (χ0n) is 19.9. The lowest BCUT2D eigenvalue weighted by Gasteiger charge is -2.16. The molecule has 5 rings (SSSR count). The Balaban J connectivity index is 1.21. The molecule has 0 bridgehead atoms. The number of amides is 2. The zero-order chi connectivity index (χ0) is 24.4. The molecule has 0 fully saturated rings. The highest BCUT2D eigenvalue weighted by molar-refractivity contribution is 6.31. The fourth-order valence-electron chi connectivity index (χ4n) is 5.25. The van der Waals surface area contributed by atoms with Gasteiger partial charge >= 0.3 is 0 Å². The van der Waals surface area contributed by atoms with Gasteiger partial charge in [0.1, 0.15) is 5.75 Å². The standard InChI is InChI=1S/C29H29ClN2O3/c1-35-26-13-12-22(30)17-25(26)29(34)31-15-14-18-8-10-19(11-9-18)28(33)32-27-23-6-2-4-20(23)16-21-5-3-7-24(21)27/h8-13,16-17H,2-7,14-15H2,1H3,(H,31,34)(H,32,33). The van der Waals surface area contributed by atoms with Gasteiger partial charge in [0.15, 0.2) is 0 Å². The number of halogens is 1. The first-order chi connectivity index (χ1) is 17.0. The minimum Gasteiger partial charge on any atom is -0.496 e. The van der Waals surface area contributed by atoms with E-state index in [0.29, 0.717) is 34.9 Å². The van der Waals surface area contributed by atoms with Crippen molar-refractivity contribution in [2.24, 2.45) is 0 Å². The molecule has 0 aliphatic heterocycles. The second-order valence-corrected chi connectivity index (χ2v) is 9.67. The monoisotopic (exact) mass is 488 g/mol. The van der Waals surface area contributed by atoms with Crippen LogP contribution in [0.2, 0.25) is 5.02 Å². The van der Waals surface area contributed by atoms with Crippen molar-refractivity contribution in [1.82, 2.24) is 5.32 Å². The number of fused-ring (bicyclic) bond motifs is 2. The lowest BCUT2D eigenvalue weighted by molar-refractivity contribution is 0.0950. The number of aryl methyl sites for hydroxylation is 2.